The number of aryl methyl sites for hydroxylation is 1. The quantitative estimate of drug-likeness (QED) is 0.0736. The maximum Gasteiger partial charge on any atom is 0.337 e. The molecular formula is C27H21N7O13S3. The minimum absolute atomic E-state index is 0.0144. The van der Waals surface area contributed by atoms with Crippen molar-refractivity contribution < 1.29 is 59.0 Å². The largest absolute Gasteiger partial charge is 0.505 e. The number of rotatable bonds is 10. The van der Waals surface area contributed by atoms with Crippen molar-refractivity contribution in [3.05, 3.63) is 71.8 Å². The van der Waals surface area contributed by atoms with Crippen molar-refractivity contribution in [1.82, 2.24) is 15.0 Å². The van der Waals surface area contributed by atoms with Crippen molar-refractivity contribution in [3.8, 4) is 11.8 Å². The van der Waals surface area contributed by atoms with E-state index in [9.17, 15) is 59.0 Å². The third-order valence-electron chi connectivity index (χ3n) is 6.60. The molecule has 0 bridgehead atoms. The third-order valence-corrected chi connectivity index (χ3v) is 9.15. The number of aromatic hydroxyl groups is 2. The summed E-state index contributed by atoms with van der Waals surface area (Å²) in [5.41, 5.74) is -1.44. The first kappa shape index (κ1) is 35.5. The number of carbonyl (C=O) groups is 1. The first-order valence-corrected chi connectivity index (χ1v) is 17.6. The molecule has 1 aromatic heterocycles. The molecule has 5 rings (SSSR count). The zero-order chi connectivity index (χ0) is 36.8. The predicted octanol–water partition coefficient (Wildman–Crippen LogP) is 4.09. The van der Waals surface area contributed by atoms with E-state index in [1.807, 2.05) is 0 Å². The number of anilines is 4. The van der Waals surface area contributed by atoms with Gasteiger partial charge in [-0.05, 0) is 60.8 Å². The number of phenolic OH excluding ortho intramolecular Hbond substituents is 1. The van der Waals surface area contributed by atoms with Crippen molar-refractivity contribution in [2.45, 2.75) is 21.6 Å². The summed E-state index contributed by atoms with van der Waals surface area (Å²) in [7, 11) is -14.9. The molecule has 20 nitrogen and oxygen atoms in total. The fraction of sp³-hybridized carbons (Fsp3) is 0.0370. The lowest BCUT2D eigenvalue weighted by molar-refractivity contribution is 0.0697. The molecule has 0 aliphatic carbocycles. The van der Waals surface area contributed by atoms with E-state index in [0.29, 0.717) is 11.6 Å². The number of benzene rings is 4. The van der Waals surface area contributed by atoms with Crippen LogP contribution in [0, 0.1) is 6.92 Å². The zero-order valence-corrected chi connectivity index (χ0v) is 27.2. The lowest BCUT2D eigenvalue weighted by Crippen LogP contribution is -2.06. The molecule has 8 N–H and O–H groups in total. The van der Waals surface area contributed by atoms with Crippen LogP contribution in [0.4, 0.5) is 34.6 Å². The lowest BCUT2D eigenvalue weighted by atomic mass is 10.1. The molecule has 0 fully saturated rings. The first-order chi connectivity index (χ1) is 23.2. The van der Waals surface area contributed by atoms with Gasteiger partial charge in [-0.3, -0.25) is 13.7 Å². The number of hydrogen-bond donors (Lipinski definition) is 8. The van der Waals surface area contributed by atoms with Crippen molar-refractivity contribution in [2.24, 2.45) is 10.2 Å². The van der Waals surface area contributed by atoms with Crippen LogP contribution >= 0.6 is 0 Å². The summed E-state index contributed by atoms with van der Waals surface area (Å²) in [5.74, 6) is -3.45. The van der Waals surface area contributed by atoms with Gasteiger partial charge in [-0.15, -0.1) is 10.2 Å². The Morgan fingerprint density at radius 1 is 0.740 bits per heavy atom. The van der Waals surface area contributed by atoms with Crippen molar-refractivity contribution >= 4 is 81.7 Å². The molecule has 260 valence electrons. The summed E-state index contributed by atoms with van der Waals surface area (Å²) in [6, 6.07) is 9.93. The molecule has 0 saturated heterocycles. The summed E-state index contributed by atoms with van der Waals surface area (Å²) in [5, 5.41) is 42.8. The average Bonchev–Trinajstić information content (AvgIpc) is 2.99. The van der Waals surface area contributed by atoms with E-state index in [0.717, 1.165) is 24.3 Å². The van der Waals surface area contributed by atoms with Crippen LogP contribution in [0.2, 0.25) is 0 Å². The SMILES string of the molecule is Cc1ccc(N=Nc2c(S(=O)(=O)O)cc3cc(S(=O)(=O)O)cc(Nc4nc(O)nc(Nc5cccc(S(=O)(=O)O)c5)n4)c3c2O)c(C(=O)O)c1. The Balaban J connectivity index is 1.69. The molecular weight excluding hydrogens is 727 g/mol. The van der Waals surface area contributed by atoms with E-state index in [4.69, 9.17) is 0 Å². The van der Waals surface area contributed by atoms with Crippen molar-refractivity contribution in [2.75, 3.05) is 10.6 Å². The van der Waals surface area contributed by atoms with Crippen molar-refractivity contribution in [1.29, 1.82) is 0 Å². The molecule has 0 radical (unpaired) electrons. The van der Waals surface area contributed by atoms with Crippen LogP contribution in [0.15, 0.2) is 85.6 Å². The van der Waals surface area contributed by atoms with Gasteiger partial charge in [-0.1, -0.05) is 17.7 Å². The minimum atomic E-state index is -5.25. The van der Waals surface area contributed by atoms with Gasteiger partial charge in [0, 0.05) is 11.1 Å². The summed E-state index contributed by atoms with van der Waals surface area (Å²) in [6.07, 6.45) is 0. The predicted molar refractivity (Wildman–Crippen MR) is 172 cm³/mol. The van der Waals surface area contributed by atoms with Crippen LogP contribution in [0.25, 0.3) is 10.8 Å². The van der Waals surface area contributed by atoms with Gasteiger partial charge in [0.1, 0.15) is 16.3 Å². The summed E-state index contributed by atoms with van der Waals surface area (Å²) < 4.78 is 101. The van der Waals surface area contributed by atoms with E-state index in [2.05, 4.69) is 35.8 Å². The number of hydrogen-bond acceptors (Lipinski definition) is 16. The number of phenols is 1. The molecule has 4 aromatic carbocycles. The molecule has 0 amide bonds. The Morgan fingerprint density at radius 3 is 2.02 bits per heavy atom. The molecule has 0 aliphatic heterocycles. The van der Waals surface area contributed by atoms with Gasteiger partial charge in [-0.25, -0.2) is 4.79 Å². The number of aromatic carboxylic acids is 1. The minimum Gasteiger partial charge on any atom is -0.505 e. The maximum absolute atomic E-state index is 12.4. The molecule has 0 unspecified atom stereocenters. The normalized spacial score (nSPS) is 12.3. The maximum atomic E-state index is 12.4. The Kier molecular flexibility index (Phi) is 9.13. The van der Waals surface area contributed by atoms with Gasteiger partial charge in [0.05, 0.1) is 21.0 Å². The zero-order valence-electron chi connectivity index (χ0n) is 24.8. The number of nitrogens with zero attached hydrogens (tertiary/aromatic N) is 5. The Bertz CT molecular complexity index is 2600. The molecule has 23 heteroatoms. The standard InChI is InChI=1S/C27H21N7O13S3/c1-12-5-6-18(17(7-12)24(36)37)33-34-22-20(50(45,46)47)9-13-8-16(49(42,43)44)11-19(21(13)23(22)35)29-26-30-25(31-27(38)32-26)28-14-3-2-4-15(10-14)48(39,40)41/h2-11,35H,1H3,(H,36,37)(H,39,40,41)(H,42,43,44)(H,45,46,47)(H3,28,29,30,31,32,38). The molecule has 0 aliphatic rings. The summed E-state index contributed by atoms with van der Waals surface area (Å²) in [4.78, 5) is 20.6. The second kappa shape index (κ2) is 12.9. The van der Waals surface area contributed by atoms with Gasteiger partial charge < -0.3 is 26.0 Å². The van der Waals surface area contributed by atoms with E-state index < -0.39 is 96.8 Å². The number of carboxylic acid groups (broad SMARTS) is 1. The first-order valence-electron chi connectivity index (χ1n) is 13.3. The van der Waals surface area contributed by atoms with E-state index >= 15 is 0 Å². The molecule has 1 heterocycles. The molecule has 0 spiro atoms. The highest BCUT2D eigenvalue weighted by Crippen LogP contribution is 2.46. The van der Waals surface area contributed by atoms with Gasteiger partial charge in [0.2, 0.25) is 11.9 Å². The van der Waals surface area contributed by atoms with Crippen LogP contribution in [0.1, 0.15) is 15.9 Å². The van der Waals surface area contributed by atoms with Gasteiger partial charge in [-0.2, -0.15) is 40.2 Å². The Labute approximate surface area is 281 Å². The van der Waals surface area contributed by atoms with Crippen LogP contribution < -0.4 is 10.6 Å². The number of nitrogens with one attached hydrogen (secondary N) is 2. The highest BCUT2D eigenvalue weighted by atomic mass is 32.2. The van der Waals surface area contributed by atoms with Crippen LogP contribution in [0.5, 0.6) is 11.8 Å². The molecule has 0 atom stereocenters. The van der Waals surface area contributed by atoms with Gasteiger partial charge in [0.25, 0.3) is 30.4 Å². The van der Waals surface area contributed by atoms with E-state index in [1.54, 1.807) is 6.92 Å². The second-order valence-electron chi connectivity index (χ2n) is 10.2. The highest BCUT2D eigenvalue weighted by molar-refractivity contribution is 7.86. The van der Waals surface area contributed by atoms with Crippen LogP contribution in [-0.4, -0.2) is 75.2 Å². The average molecular weight is 748 g/mol. The number of azo groups is 1. The highest BCUT2D eigenvalue weighted by Gasteiger charge is 2.26. The molecule has 0 saturated carbocycles. The Hall–Kier alpha value is -5.85. The summed E-state index contributed by atoms with van der Waals surface area (Å²) in [6.45, 7) is 1.60. The molecule has 50 heavy (non-hydrogen) atoms. The number of aromatic nitrogens is 3. The Morgan fingerprint density at radius 2 is 1.40 bits per heavy atom. The van der Waals surface area contributed by atoms with Crippen molar-refractivity contribution in [3.63, 3.8) is 0 Å². The smallest absolute Gasteiger partial charge is 0.337 e. The topological polar surface area (TPSA) is 328 Å². The fourth-order valence-corrected chi connectivity index (χ4v) is 6.20. The summed E-state index contributed by atoms with van der Waals surface area (Å²) >= 11 is 0. The fourth-order valence-electron chi connectivity index (χ4n) is 4.47. The van der Waals surface area contributed by atoms with Crippen LogP contribution in [-0.2, 0) is 30.4 Å². The van der Waals surface area contributed by atoms with E-state index in [-0.39, 0.29) is 16.9 Å². The number of carboxylic acids is 1. The van der Waals surface area contributed by atoms with Gasteiger partial charge in [0.15, 0.2) is 5.75 Å². The second-order valence-corrected chi connectivity index (χ2v) is 14.4. The van der Waals surface area contributed by atoms with Crippen LogP contribution in [0.3, 0.4) is 0 Å². The molecule has 5 aromatic rings. The third kappa shape index (κ3) is 7.72. The van der Waals surface area contributed by atoms with E-state index in [1.165, 1.54) is 30.3 Å². The monoisotopic (exact) mass is 747 g/mol. The lowest BCUT2D eigenvalue weighted by Gasteiger charge is -2.15. The number of fused-ring (bicyclic) bond motifs is 1. The van der Waals surface area contributed by atoms with Gasteiger partial charge >= 0.3 is 12.0 Å².